The number of rotatable bonds is 6. The third-order valence-corrected chi connectivity index (χ3v) is 4.30. The second-order valence-electron chi connectivity index (χ2n) is 6.16. The maximum Gasteiger partial charge on any atom is 0.323 e. The van der Waals surface area contributed by atoms with Crippen LogP contribution in [-0.2, 0) is 16.0 Å². The predicted molar refractivity (Wildman–Crippen MR) is 100 cm³/mol. The highest BCUT2D eigenvalue weighted by Gasteiger charge is 2.22. The molecular formula is C19H20N4O4. The number of benzene rings is 1. The quantitative estimate of drug-likeness (QED) is 0.406. The molecule has 2 aromatic heterocycles. The van der Waals surface area contributed by atoms with Crippen molar-refractivity contribution in [1.82, 2.24) is 9.38 Å². The van der Waals surface area contributed by atoms with E-state index in [1.54, 1.807) is 19.1 Å². The number of fused-ring (bicyclic) bond motifs is 1. The molecule has 0 aliphatic rings. The number of nitro benzene ring substituents is 1. The summed E-state index contributed by atoms with van der Waals surface area (Å²) >= 11 is 0. The lowest BCUT2D eigenvalue weighted by Gasteiger charge is -2.12. The average molecular weight is 368 g/mol. The molecule has 3 aromatic rings. The lowest BCUT2D eigenvalue weighted by Crippen LogP contribution is -2.34. The average Bonchev–Trinajstić information content (AvgIpc) is 3.02. The zero-order chi connectivity index (χ0) is 19.6. The van der Waals surface area contributed by atoms with Crippen molar-refractivity contribution >= 4 is 17.3 Å². The van der Waals surface area contributed by atoms with Crippen LogP contribution in [0.1, 0.15) is 18.2 Å². The second kappa shape index (κ2) is 7.55. The fourth-order valence-electron chi connectivity index (χ4n) is 2.96. The zero-order valence-corrected chi connectivity index (χ0v) is 15.1. The summed E-state index contributed by atoms with van der Waals surface area (Å²) in [4.78, 5) is 27.1. The van der Waals surface area contributed by atoms with Gasteiger partial charge >= 0.3 is 5.97 Å². The van der Waals surface area contributed by atoms with Crippen LogP contribution >= 0.6 is 0 Å². The first-order valence-electron chi connectivity index (χ1n) is 8.56. The summed E-state index contributed by atoms with van der Waals surface area (Å²) in [5.74, 6) is -0.477. The van der Waals surface area contributed by atoms with E-state index in [1.807, 2.05) is 29.7 Å². The molecule has 2 heterocycles. The van der Waals surface area contributed by atoms with Gasteiger partial charge in [-0.3, -0.25) is 14.9 Å². The summed E-state index contributed by atoms with van der Waals surface area (Å²) in [5, 5.41) is 10.9. The molecule has 0 aliphatic heterocycles. The van der Waals surface area contributed by atoms with E-state index >= 15 is 0 Å². The normalized spacial score (nSPS) is 12.1. The Morgan fingerprint density at radius 3 is 2.67 bits per heavy atom. The third-order valence-electron chi connectivity index (χ3n) is 4.30. The number of nitro groups is 1. The van der Waals surface area contributed by atoms with Crippen LogP contribution in [0.5, 0.6) is 0 Å². The first kappa shape index (κ1) is 18.5. The number of hydrogen-bond donors (Lipinski definition) is 1. The van der Waals surface area contributed by atoms with E-state index < -0.39 is 16.9 Å². The SMILES string of the molecule is CCOC(=O)C(N)Cc1c(-c2ccc([N+](=O)[O-])cc2)nc2c(C)cccn12. The van der Waals surface area contributed by atoms with E-state index in [9.17, 15) is 14.9 Å². The van der Waals surface area contributed by atoms with Crippen molar-refractivity contribution in [2.24, 2.45) is 5.73 Å². The fraction of sp³-hybridized carbons (Fsp3) is 0.263. The van der Waals surface area contributed by atoms with Crippen LogP contribution in [0.3, 0.4) is 0 Å². The lowest BCUT2D eigenvalue weighted by molar-refractivity contribution is -0.384. The highest BCUT2D eigenvalue weighted by Crippen LogP contribution is 2.28. The molecule has 0 spiro atoms. The minimum atomic E-state index is -0.831. The van der Waals surface area contributed by atoms with Crippen LogP contribution in [0, 0.1) is 17.0 Å². The van der Waals surface area contributed by atoms with Gasteiger partial charge in [0.2, 0.25) is 0 Å². The van der Waals surface area contributed by atoms with Gasteiger partial charge in [0, 0.05) is 30.3 Å². The highest BCUT2D eigenvalue weighted by molar-refractivity contribution is 5.77. The van der Waals surface area contributed by atoms with Crippen molar-refractivity contribution in [1.29, 1.82) is 0 Å². The number of pyridine rings is 1. The molecule has 3 rings (SSSR count). The smallest absolute Gasteiger partial charge is 0.323 e. The van der Waals surface area contributed by atoms with E-state index in [-0.39, 0.29) is 18.7 Å². The molecule has 0 saturated carbocycles. The Bertz CT molecular complexity index is 995. The highest BCUT2D eigenvalue weighted by atomic mass is 16.6. The van der Waals surface area contributed by atoms with Gasteiger partial charge in [-0.2, -0.15) is 0 Å². The molecule has 140 valence electrons. The van der Waals surface area contributed by atoms with Crippen LogP contribution < -0.4 is 5.73 Å². The molecule has 2 N–H and O–H groups in total. The van der Waals surface area contributed by atoms with E-state index in [0.717, 1.165) is 22.5 Å². The Balaban J connectivity index is 2.09. The number of carbonyl (C=O) groups excluding carboxylic acids is 1. The van der Waals surface area contributed by atoms with Crippen molar-refractivity contribution in [2.45, 2.75) is 26.3 Å². The predicted octanol–water partition coefficient (Wildman–Crippen LogP) is 2.65. The van der Waals surface area contributed by atoms with Gasteiger partial charge in [0.25, 0.3) is 5.69 Å². The van der Waals surface area contributed by atoms with Crippen molar-refractivity contribution in [2.75, 3.05) is 6.61 Å². The van der Waals surface area contributed by atoms with Crippen LogP contribution in [0.4, 0.5) is 5.69 Å². The minimum absolute atomic E-state index is 0.00321. The molecule has 0 aliphatic carbocycles. The number of hydrogen-bond acceptors (Lipinski definition) is 6. The first-order chi connectivity index (χ1) is 12.9. The number of nitrogens with zero attached hydrogens (tertiary/aromatic N) is 3. The van der Waals surface area contributed by atoms with Gasteiger partial charge in [0.1, 0.15) is 11.7 Å². The number of imidazole rings is 1. The summed E-state index contributed by atoms with van der Waals surface area (Å²) in [7, 11) is 0. The van der Waals surface area contributed by atoms with Crippen LogP contribution in [-0.4, -0.2) is 32.9 Å². The van der Waals surface area contributed by atoms with E-state index in [1.165, 1.54) is 12.1 Å². The number of carbonyl (C=O) groups is 1. The lowest BCUT2D eigenvalue weighted by atomic mass is 10.1. The summed E-state index contributed by atoms with van der Waals surface area (Å²) in [6.07, 6.45) is 2.09. The van der Waals surface area contributed by atoms with E-state index in [4.69, 9.17) is 15.5 Å². The molecule has 0 radical (unpaired) electrons. The van der Waals surface area contributed by atoms with Gasteiger partial charge in [-0.1, -0.05) is 6.07 Å². The molecule has 8 heteroatoms. The van der Waals surface area contributed by atoms with Crippen molar-refractivity contribution < 1.29 is 14.5 Å². The van der Waals surface area contributed by atoms with Crippen LogP contribution in [0.25, 0.3) is 16.9 Å². The van der Waals surface area contributed by atoms with Gasteiger partial charge in [0.05, 0.1) is 22.9 Å². The minimum Gasteiger partial charge on any atom is -0.465 e. The topological polar surface area (TPSA) is 113 Å². The Morgan fingerprint density at radius 2 is 2.04 bits per heavy atom. The fourth-order valence-corrected chi connectivity index (χ4v) is 2.96. The summed E-state index contributed by atoms with van der Waals surface area (Å²) in [5.41, 5.74) is 9.86. The number of ether oxygens (including phenoxy) is 1. The van der Waals surface area contributed by atoms with Gasteiger partial charge in [-0.25, -0.2) is 4.98 Å². The van der Waals surface area contributed by atoms with Crippen LogP contribution in [0.2, 0.25) is 0 Å². The van der Waals surface area contributed by atoms with E-state index in [0.29, 0.717) is 5.69 Å². The summed E-state index contributed by atoms with van der Waals surface area (Å²) in [6.45, 7) is 3.93. The Labute approximate surface area is 155 Å². The molecule has 0 saturated heterocycles. The number of non-ortho nitro benzene ring substituents is 1. The standard InChI is InChI=1S/C19H20N4O4/c1-3-27-19(24)15(20)11-16-17(13-6-8-14(9-7-13)23(25)26)21-18-12(2)5-4-10-22(16)18/h4-10,15H,3,11,20H2,1-2H3. The second-order valence-corrected chi connectivity index (χ2v) is 6.16. The molecule has 1 aromatic carbocycles. The Hall–Kier alpha value is -3.26. The number of aryl methyl sites for hydroxylation is 1. The third kappa shape index (κ3) is 3.65. The van der Waals surface area contributed by atoms with Gasteiger partial charge in [-0.15, -0.1) is 0 Å². The Kier molecular flexibility index (Phi) is 5.18. The maximum atomic E-state index is 12.0. The zero-order valence-electron chi connectivity index (χ0n) is 15.1. The molecule has 0 bridgehead atoms. The molecular weight excluding hydrogens is 348 g/mol. The summed E-state index contributed by atoms with van der Waals surface area (Å²) < 4.78 is 6.90. The van der Waals surface area contributed by atoms with Crippen molar-refractivity contribution in [3.63, 3.8) is 0 Å². The molecule has 8 nitrogen and oxygen atoms in total. The number of nitrogens with two attached hydrogens (primary N) is 1. The Morgan fingerprint density at radius 1 is 1.33 bits per heavy atom. The molecule has 1 atom stereocenters. The largest absolute Gasteiger partial charge is 0.465 e. The summed E-state index contributed by atoms with van der Waals surface area (Å²) in [6, 6.07) is 9.16. The van der Waals surface area contributed by atoms with E-state index in [2.05, 4.69) is 0 Å². The number of esters is 1. The maximum absolute atomic E-state index is 12.0. The van der Waals surface area contributed by atoms with Gasteiger partial charge < -0.3 is 14.9 Å². The van der Waals surface area contributed by atoms with Gasteiger partial charge in [-0.05, 0) is 37.6 Å². The molecule has 0 amide bonds. The van der Waals surface area contributed by atoms with Crippen molar-refractivity contribution in [3.8, 4) is 11.3 Å². The monoisotopic (exact) mass is 368 g/mol. The number of aromatic nitrogens is 2. The molecule has 0 fully saturated rings. The molecule has 27 heavy (non-hydrogen) atoms. The van der Waals surface area contributed by atoms with Gasteiger partial charge in [0.15, 0.2) is 0 Å². The van der Waals surface area contributed by atoms with Crippen LogP contribution in [0.15, 0.2) is 42.6 Å². The first-order valence-corrected chi connectivity index (χ1v) is 8.56. The van der Waals surface area contributed by atoms with Crippen molar-refractivity contribution in [3.05, 3.63) is 64.0 Å². The molecule has 1 unspecified atom stereocenters.